The molecule has 0 amide bonds. The van der Waals surface area contributed by atoms with Crippen LogP contribution in [0.15, 0.2) is 53.1 Å². The summed E-state index contributed by atoms with van der Waals surface area (Å²) in [6.45, 7) is 2.12. The van der Waals surface area contributed by atoms with E-state index < -0.39 is 10.0 Å². The molecule has 0 fully saturated rings. The van der Waals surface area contributed by atoms with Gasteiger partial charge in [-0.2, -0.15) is 4.98 Å². The van der Waals surface area contributed by atoms with Crippen molar-refractivity contribution in [3.05, 3.63) is 70.6 Å². The summed E-state index contributed by atoms with van der Waals surface area (Å²) in [7, 11) is -3.43. The first kappa shape index (κ1) is 18.6. The standard InChI is InChI=1S/C18H18ClN3O3S/c1-13-3-2-4-14(11-13)12-26(23,24)20-10-9-17-21-18(22-25-17)15-5-7-16(19)8-6-15/h2-8,11,20H,9-10,12H2,1H3. The van der Waals surface area contributed by atoms with E-state index in [9.17, 15) is 8.42 Å². The Balaban J connectivity index is 1.55. The van der Waals surface area contributed by atoms with Crippen LogP contribution < -0.4 is 4.72 Å². The normalized spacial score (nSPS) is 11.6. The van der Waals surface area contributed by atoms with Crippen molar-refractivity contribution in [2.75, 3.05) is 6.54 Å². The van der Waals surface area contributed by atoms with Gasteiger partial charge in [-0.25, -0.2) is 13.1 Å². The molecule has 2 aromatic carbocycles. The van der Waals surface area contributed by atoms with Gasteiger partial charge < -0.3 is 4.52 Å². The van der Waals surface area contributed by atoms with E-state index in [-0.39, 0.29) is 12.3 Å². The second kappa shape index (κ2) is 7.99. The van der Waals surface area contributed by atoms with Crippen LogP contribution in [-0.4, -0.2) is 25.1 Å². The first-order valence-corrected chi connectivity index (χ1v) is 10.1. The molecule has 0 bridgehead atoms. The quantitative estimate of drug-likeness (QED) is 0.667. The molecule has 3 rings (SSSR count). The molecule has 8 heteroatoms. The number of hydrogen-bond acceptors (Lipinski definition) is 5. The molecule has 26 heavy (non-hydrogen) atoms. The molecule has 0 aliphatic carbocycles. The Hall–Kier alpha value is -2.22. The predicted molar refractivity (Wildman–Crippen MR) is 100 cm³/mol. The molecule has 136 valence electrons. The van der Waals surface area contributed by atoms with Crippen molar-refractivity contribution >= 4 is 21.6 Å². The van der Waals surface area contributed by atoms with Crippen molar-refractivity contribution < 1.29 is 12.9 Å². The fraction of sp³-hybridized carbons (Fsp3) is 0.222. The molecule has 0 saturated heterocycles. The average molecular weight is 392 g/mol. The van der Waals surface area contributed by atoms with Crippen molar-refractivity contribution in [1.82, 2.24) is 14.9 Å². The number of sulfonamides is 1. The molecule has 6 nitrogen and oxygen atoms in total. The van der Waals surface area contributed by atoms with Crippen molar-refractivity contribution in [2.24, 2.45) is 0 Å². The van der Waals surface area contributed by atoms with Crippen LogP contribution in [0.5, 0.6) is 0 Å². The van der Waals surface area contributed by atoms with E-state index in [1.165, 1.54) is 0 Å². The van der Waals surface area contributed by atoms with Gasteiger partial charge in [0, 0.05) is 23.6 Å². The summed E-state index contributed by atoms with van der Waals surface area (Å²) in [6, 6.07) is 14.5. The minimum absolute atomic E-state index is 0.0610. The minimum Gasteiger partial charge on any atom is -0.339 e. The maximum atomic E-state index is 12.2. The molecule has 1 aromatic heterocycles. The van der Waals surface area contributed by atoms with Crippen molar-refractivity contribution in [3.8, 4) is 11.4 Å². The van der Waals surface area contributed by atoms with E-state index in [1.807, 2.05) is 25.1 Å². The number of nitrogens with one attached hydrogen (secondary N) is 1. The highest BCUT2D eigenvalue weighted by Crippen LogP contribution is 2.18. The first-order valence-electron chi connectivity index (χ1n) is 8.03. The van der Waals surface area contributed by atoms with Gasteiger partial charge in [0.25, 0.3) is 0 Å². The van der Waals surface area contributed by atoms with E-state index in [0.717, 1.165) is 16.7 Å². The third-order valence-electron chi connectivity index (χ3n) is 3.67. The number of rotatable bonds is 7. The molecule has 0 aliphatic heterocycles. The minimum atomic E-state index is -3.43. The fourth-order valence-corrected chi connectivity index (χ4v) is 3.72. The lowest BCUT2D eigenvalue weighted by Crippen LogP contribution is -2.27. The van der Waals surface area contributed by atoms with E-state index in [0.29, 0.717) is 23.2 Å². The number of aromatic nitrogens is 2. The van der Waals surface area contributed by atoms with Gasteiger partial charge in [-0.05, 0) is 36.8 Å². The largest absolute Gasteiger partial charge is 0.339 e. The van der Waals surface area contributed by atoms with Gasteiger partial charge in [-0.1, -0.05) is 46.6 Å². The second-order valence-electron chi connectivity index (χ2n) is 5.91. The van der Waals surface area contributed by atoms with Crippen LogP contribution in [0.25, 0.3) is 11.4 Å². The highest BCUT2D eigenvalue weighted by Gasteiger charge is 2.13. The number of nitrogens with zero attached hydrogens (tertiary/aromatic N) is 2. The second-order valence-corrected chi connectivity index (χ2v) is 8.15. The van der Waals surface area contributed by atoms with Gasteiger partial charge in [0.1, 0.15) is 0 Å². The summed E-state index contributed by atoms with van der Waals surface area (Å²) < 4.78 is 32.1. The fourth-order valence-electron chi connectivity index (χ4n) is 2.46. The summed E-state index contributed by atoms with van der Waals surface area (Å²) in [5.41, 5.74) is 2.56. The molecule has 1 heterocycles. The molecule has 0 atom stereocenters. The van der Waals surface area contributed by atoms with Crippen LogP contribution in [0.3, 0.4) is 0 Å². The van der Waals surface area contributed by atoms with Gasteiger partial charge in [0.05, 0.1) is 5.75 Å². The summed E-state index contributed by atoms with van der Waals surface area (Å²) in [6.07, 6.45) is 0.313. The zero-order valence-corrected chi connectivity index (χ0v) is 15.7. The molecule has 3 aromatic rings. The Labute approximate surface area is 157 Å². The molecule has 0 aliphatic rings. The average Bonchev–Trinajstić information content (AvgIpc) is 3.04. The smallest absolute Gasteiger partial charge is 0.228 e. The Morgan fingerprint density at radius 1 is 1.15 bits per heavy atom. The number of hydrogen-bond donors (Lipinski definition) is 1. The van der Waals surface area contributed by atoms with Crippen molar-refractivity contribution in [2.45, 2.75) is 19.1 Å². The lowest BCUT2D eigenvalue weighted by molar-refractivity contribution is 0.379. The number of aryl methyl sites for hydroxylation is 1. The van der Waals surface area contributed by atoms with Gasteiger partial charge in [-0.15, -0.1) is 0 Å². The van der Waals surface area contributed by atoms with E-state index in [2.05, 4.69) is 14.9 Å². The molecule has 0 radical (unpaired) electrons. The zero-order chi connectivity index (χ0) is 18.6. The Morgan fingerprint density at radius 3 is 2.65 bits per heavy atom. The third kappa shape index (κ3) is 5.14. The molecule has 0 unspecified atom stereocenters. The highest BCUT2D eigenvalue weighted by atomic mass is 35.5. The lowest BCUT2D eigenvalue weighted by Gasteiger charge is -2.06. The van der Waals surface area contributed by atoms with Gasteiger partial charge in [-0.3, -0.25) is 0 Å². The third-order valence-corrected chi connectivity index (χ3v) is 5.28. The molecule has 1 N–H and O–H groups in total. The highest BCUT2D eigenvalue weighted by molar-refractivity contribution is 7.88. The van der Waals surface area contributed by atoms with E-state index >= 15 is 0 Å². The summed E-state index contributed by atoms with van der Waals surface area (Å²) in [5.74, 6) is 0.752. The van der Waals surface area contributed by atoms with Crippen LogP contribution in [0.2, 0.25) is 5.02 Å². The number of halogens is 1. The number of benzene rings is 2. The maximum Gasteiger partial charge on any atom is 0.228 e. The lowest BCUT2D eigenvalue weighted by atomic mass is 10.2. The van der Waals surface area contributed by atoms with E-state index in [1.54, 1.807) is 30.3 Å². The molecular formula is C18H18ClN3O3S. The summed E-state index contributed by atoms with van der Waals surface area (Å²) in [4.78, 5) is 4.27. The van der Waals surface area contributed by atoms with Gasteiger partial charge in [0.15, 0.2) is 0 Å². The van der Waals surface area contributed by atoms with Crippen LogP contribution >= 0.6 is 11.6 Å². The van der Waals surface area contributed by atoms with Gasteiger partial charge in [0.2, 0.25) is 21.7 Å². The Kier molecular flexibility index (Phi) is 5.70. The predicted octanol–water partition coefficient (Wildman–Crippen LogP) is 3.36. The molecular weight excluding hydrogens is 374 g/mol. The Morgan fingerprint density at radius 2 is 1.92 bits per heavy atom. The van der Waals surface area contributed by atoms with Crippen LogP contribution in [-0.2, 0) is 22.2 Å². The van der Waals surface area contributed by atoms with Crippen LogP contribution in [0.1, 0.15) is 17.0 Å². The zero-order valence-electron chi connectivity index (χ0n) is 14.1. The first-order chi connectivity index (χ1) is 12.4. The Bertz CT molecular complexity index is 985. The maximum absolute atomic E-state index is 12.2. The monoisotopic (exact) mass is 391 g/mol. The van der Waals surface area contributed by atoms with Crippen molar-refractivity contribution in [3.63, 3.8) is 0 Å². The van der Waals surface area contributed by atoms with Crippen LogP contribution in [0.4, 0.5) is 0 Å². The summed E-state index contributed by atoms with van der Waals surface area (Å²) >= 11 is 5.85. The topological polar surface area (TPSA) is 85.1 Å². The molecule has 0 saturated carbocycles. The SMILES string of the molecule is Cc1cccc(CS(=O)(=O)NCCc2nc(-c3ccc(Cl)cc3)no2)c1. The van der Waals surface area contributed by atoms with E-state index in [4.69, 9.17) is 16.1 Å². The molecule has 0 spiro atoms. The van der Waals surface area contributed by atoms with Gasteiger partial charge >= 0.3 is 0 Å². The summed E-state index contributed by atoms with van der Waals surface area (Å²) in [5, 5.41) is 4.53. The van der Waals surface area contributed by atoms with Crippen molar-refractivity contribution in [1.29, 1.82) is 0 Å². The van der Waals surface area contributed by atoms with Crippen LogP contribution in [0, 0.1) is 6.92 Å².